The van der Waals surface area contributed by atoms with Crippen LogP contribution in [0.25, 0.3) is 0 Å². The first-order valence-corrected chi connectivity index (χ1v) is 4.39. The van der Waals surface area contributed by atoms with Crippen LogP contribution in [0.2, 0.25) is 0 Å². The molecule has 0 saturated heterocycles. The van der Waals surface area contributed by atoms with Crippen molar-refractivity contribution >= 4 is 12.4 Å². The molecule has 1 aromatic rings. The van der Waals surface area contributed by atoms with E-state index in [9.17, 15) is 4.39 Å². The lowest BCUT2D eigenvalue weighted by molar-refractivity contribution is 0.410. The largest absolute Gasteiger partial charge is 0.497 e. The quantitative estimate of drug-likeness (QED) is 0.809. The molecule has 0 spiro atoms. The zero-order valence-electron chi connectivity index (χ0n) is 8.57. The molecule has 0 aliphatic carbocycles. The molecule has 2 nitrogen and oxygen atoms in total. The monoisotopic (exact) mass is 231 g/mol. The number of methoxy groups -OCH3 is 1. The number of hydrogen-bond donors (Lipinski definition) is 1. The second-order valence-corrected chi connectivity index (χ2v) is 3.02. The van der Waals surface area contributed by atoms with Gasteiger partial charge in [0.05, 0.1) is 7.11 Å². The highest BCUT2D eigenvalue weighted by atomic mass is 35.5. The Hall–Kier alpha value is -1.06. The number of halogens is 2. The van der Waals surface area contributed by atoms with Gasteiger partial charge in [0, 0.05) is 17.7 Å². The van der Waals surface area contributed by atoms with E-state index in [1.807, 2.05) is 0 Å². The molecular weight excluding hydrogens is 217 g/mol. The zero-order chi connectivity index (χ0) is 10.6. The van der Waals surface area contributed by atoms with Gasteiger partial charge in [0.2, 0.25) is 0 Å². The highest BCUT2D eigenvalue weighted by Gasteiger charge is 2.10. The van der Waals surface area contributed by atoms with Crippen molar-refractivity contribution in [1.29, 1.82) is 0 Å². The molecule has 0 aliphatic heterocycles. The molecule has 1 rings (SSSR count). The Morgan fingerprint density at radius 2 is 2.27 bits per heavy atom. The molecule has 2 N–H and O–H groups in total. The van der Waals surface area contributed by atoms with E-state index in [0.717, 1.165) is 0 Å². The van der Waals surface area contributed by atoms with Gasteiger partial charge in [-0.2, -0.15) is 0 Å². The molecule has 4 heteroatoms. The molecule has 0 fully saturated rings. The molecule has 0 heterocycles. The van der Waals surface area contributed by atoms with Crippen molar-refractivity contribution < 1.29 is 9.13 Å². The molecule has 0 bridgehead atoms. The standard InChI is InChI=1S/C11H14FNO.ClH/c1-3-4-11(13)9-6-5-8(14-2)7-10(9)12;/h3,5-7,11H,1,4,13H2,2H3;1H/t11-;/m0./s1. The molecule has 0 radical (unpaired) electrons. The first-order valence-electron chi connectivity index (χ1n) is 4.39. The summed E-state index contributed by atoms with van der Waals surface area (Å²) in [5.41, 5.74) is 6.24. The van der Waals surface area contributed by atoms with E-state index in [2.05, 4.69) is 6.58 Å². The van der Waals surface area contributed by atoms with Gasteiger partial charge in [-0.25, -0.2) is 4.39 Å². The first kappa shape index (κ1) is 13.9. The van der Waals surface area contributed by atoms with Crippen molar-refractivity contribution in [3.05, 3.63) is 42.2 Å². The summed E-state index contributed by atoms with van der Waals surface area (Å²) in [6.45, 7) is 3.56. The van der Waals surface area contributed by atoms with Gasteiger partial charge in [-0.3, -0.25) is 0 Å². The average molecular weight is 232 g/mol. The minimum Gasteiger partial charge on any atom is -0.497 e. The minimum atomic E-state index is -0.335. The van der Waals surface area contributed by atoms with Crippen LogP contribution in [0.1, 0.15) is 18.0 Å². The average Bonchev–Trinajstić information content (AvgIpc) is 2.17. The molecule has 84 valence electrons. The van der Waals surface area contributed by atoms with E-state index in [0.29, 0.717) is 17.7 Å². The van der Waals surface area contributed by atoms with Gasteiger partial charge in [0.1, 0.15) is 11.6 Å². The van der Waals surface area contributed by atoms with Crippen molar-refractivity contribution in [2.45, 2.75) is 12.5 Å². The Labute approximate surface area is 95.3 Å². The summed E-state index contributed by atoms with van der Waals surface area (Å²) >= 11 is 0. The molecule has 0 unspecified atom stereocenters. The Morgan fingerprint density at radius 3 is 2.73 bits per heavy atom. The fourth-order valence-corrected chi connectivity index (χ4v) is 1.24. The van der Waals surface area contributed by atoms with Crippen LogP contribution in [-0.2, 0) is 0 Å². The predicted octanol–water partition coefficient (Wildman–Crippen LogP) is 2.83. The SMILES string of the molecule is C=CC[C@H](N)c1ccc(OC)cc1F.Cl. The van der Waals surface area contributed by atoms with E-state index >= 15 is 0 Å². The van der Waals surface area contributed by atoms with E-state index < -0.39 is 0 Å². The number of hydrogen-bond acceptors (Lipinski definition) is 2. The molecule has 1 atom stereocenters. The van der Waals surface area contributed by atoms with Gasteiger partial charge in [-0.05, 0) is 12.5 Å². The van der Waals surface area contributed by atoms with Gasteiger partial charge in [-0.15, -0.1) is 19.0 Å². The van der Waals surface area contributed by atoms with Crippen molar-refractivity contribution in [2.24, 2.45) is 5.73 Å². The van der Waals surface area contributed by atoms with Crippen LogP contribution in [0.3, 0.4) is 0 Å². The maximum atomic E-state index is 13.4. The van der Waals surface area contributed by atoms with Gasteiger partial charge in [0.15, 0.2) is 0 Å². The molecule has 15 heavy (non-hydrogen) atoms. The predicted molar refractivity (Wildman–Crippen MR) is 61.9 cm³/mol. The normalized spacial score (nSPS) is 11.4. The topological polar surface area (TPSA) is 35.2 Å². The Bertz CT molecular complexity index is 330. The molecule has 0 saturated carbocycles. The van der Waals surface area contributed by atoms with Crippen LogP contribution in [0.15, 0.2) is 30.9 Å². The molecule has 0 amide bonds. The molecule has 1 aromatic carbocycles. The smallest absolute Gasteiger partial charge is 0.131 e. The summed E-state index contributed by atoms with van der Waals surface area (Å²) in [6.07, 6.45) is 2.23. The van der Waals surface area contributed by atoms with Crippen LogP contribution >= 0.6 is 12.4 Å². The number of rotatable bonds is 4. The van der Waals surface area contributed by atoms with Crippen molar-refractivity contribution in [2.75, 3.05) is 7.11 Å². The van der Waals surface area contributed by atoms with E-state index in [-0.39, 0.29) is 24.3 Å². The van der Waals surface area contributed by atoms with E-state index in [4.69, 9.17) is 10.5 Å². The fraction of sp³-hybridized carbons (Fsp3) is 0.273. The summed E-state index contributed by atoms with van der Waals surface area (Å²) in [7, 11) is 1.50. The fourth-order valence-electron chi connectivity index (χ4n) is 1.24. The van der Waals surface area contributed by atoms with Crippen molar-refractivity contribution in [1.82, 2.24) is 0 Å². The Morgan fingerprint density at radius 1 is 1.60 bits per heavy atom. The third kappa shape index (κ3) is 3.53. The number of nitrogens with two attached hydrogens (primary N) is 1. The molecule has 0 aromatic heterocycles. The summed E-state index contributed by atoms with van der Waals surface area (Å²) in [6, 6.07) is 4.33. The molecular formula is C11H15ClFNO. The summed E-state index contributed by atoms with van der Waals surface area (Å²) in [5.74, 6) is 0.163. The Kier molecular flexibility index (Phi) is 5.97. The van der Waals surface area contributed by atoms with Crippen LogP contribution in [0.5, 0.6) is 5.75 Å². The highest BCUT2D eigenvalue weighted by molar-refractivity contribution is 5.85. The van der Waals surface area contributed by atoms with Crippen LogP contribution in [-0.4, -0.2) is 7.11 Å². The summed E-state index contributed by atoms with van der Waals surface area (Å²) in [4.78, 5) is 0. The minimum absolute atomic E-state index is 0. The van der Waals surface area contributed by atoms with Gasteiger partial charge in [-0.1, -0.05) is 12.1 Å². The van der Waals surface area contributed by atoms with Crippen LogP contribution in [0.4, 0.5) is 4.39 Å². The second-order valence-electron chi connectivity index (χ2n) is 3.02. The van der Waals surface area contributed by atoms with Crippen molar-refractivity contribution in [3.8, 4) is 5.75 Å². The first-order chi connectivity index (χ1) is 6.69. The van der Waals surface area contributed by atoms with Gasteiger partial charge in [0.25, 0.3) is 0 Å². The van der Waals surface area contributed by atoms with Crippen molar-refractivity contribution in [3.63, 3.8) is 0 Å². The third-order valence-electron chi connectivity index (χ3n) is 2.03. The molecule has 0 aliphatic rings. The summed E-state index contributed by atoms with van der Waals surface area (Å²) in [5, 5.41) is 0. The number of benzene rings is 1. The van der Waals surface area contributed by atoms with Crippen LogP contribution in [0, 0.1) is 5.82 Å². The maximum absolute atomic E-state index is 13.4. The highest BCUT2D eigenvalue weighted by Crippen LogP contribution is 2.22. The maximum Gasteiger partial charge on any atom is 0.131 e. The zero-order valence-corrected chi connectivity index (χ0v) is 9.39. The van der Waals surface area contributed by atoms with Gasteiger partial charge >= 0.3 is 0 Å². The second kappa shape index (κ2) is 6.43. The Balaban J connectivity index is 0.00000196. The number of ether oxygens (including phenoxy) is 1. The lowest BCUT2D eigenvalue weighted by atomic mass is 10.0. The van der Waals surface area contributed by atoms with E-state index in [1.54, 1.807) is 18.2 Å². The van der Waals surface area contributed by atoms with Crippen LogP contribution < -0.4 is 10.5 Å². The lowest BCUT2D eigenvalue weighted by Gasteiger charge is -2.11. The van der Waals surface area contributed by atoms with E-state index in [1.165, 1.54) is 13.2 Å². The third-order valence-corrected chi connectivity index (χ3v) is 2.03. The van der Waals surface area contributed by atoms with Gasteiger partial charge < -0.3 is 10.5 Å². The summed E-state index contributed by atoms with van der Waals surface area (Å²) < 4.78 is 18.3. The lowest BCUT2D eigenvalue weighted by Crippen LogP contribution is -2.11.